The molecule has 90 valence electrons. The van der Waals surface area contributed by atoms with Gasteiger partial charge < -0.3 is 14.9 Å². The lowest BCUT2D eigenvalue weighted by Crippen LogP contribution is -2.40. The van der Waals surface area contributed by atoms with Crippen LogP contribution in [0, 0.1) is 0 Å². The minimum absolute atomic E-state index is 0.493. The number of nitrogens with two attached hydrogens (primary N) is 1. The summed E-state index contributed by atoms with van der Waals surface area (Å²) in [5, 5.41) is 2.03. The van der Waals surface area contributed by atoms with Gasteiger partial charge in [-0.25, -0.2) is 5.01 Å². The molecule has 1 fully saturated rings. The van der Waals surface area contributed by atoms with Crippen molar-refractivity contribution in [3.63, 3.8) is 0 Å². The van der Waals surface area contributed by atoms with Crippen LogP contribution in [0.3, 0.4) is 0 Å². The first kappa shape index (κ1) is 10.4. The summed E-state index contributed by atoms with van der Waals surface area (Å²) in [6.07, 6.45) is 0. The largest absolute Gasteiger partial charge is 0.423 e. The van der Waals surface area contributed by atoms with Gasteiger partial charge in [-0.15, -0.1) is 0 Å². The minimum atomic E-state index is 0.493. The summed E-state index contributed by atoms with van der Waals surface area (Å²) in [5.41, 5.74) is 11.0. The number of hydrogen-bond donors (Lipinski definition) is 2. The maximum Gasteiger partial charge on any atom is 0.310 e. The van der Waals surface area contributed by atoms with Crippen LogP contribution in [-0.4, -0.2) is 36.3 Å². The van der Waals surface area contributed by atoms with Crippen molar-refractivity contribution >= 4 is 22.8 Å². The van der Waals surface area contributed by atoms with Crippen molar-refractivity contribution in [1.29, 1.82) is 0 Å². The molecule has 6 heteroatoms. The lowest BCUT2D eigenvalue weighted by Gasteiger charge is -2.25. The number of aromatic nitrogens is 1. The number of rotatable bonds is 2. The molecule has 17 heavy (non-hydrogen) atoms. The zero-order chi connectivity index (χ0) is 11.7. The van der Waals surface area contributed by atoms with Crippen molar-refractivity contribution in [2.75, 3.05) is 37.5 Å². The number of fused-ring (bicyclic) bond motifs is 1. The quantitative estimate of drug-likeness (QED) is 0.757. The fourth-order valence-corrected chi connectivity index (χ4v) is 1.80. The third-order valence-electron chi connectivity index (χ3n) is 2.68. The number of anilines is 2. The number of hydrazine groups is 1. The molecule has 0 unspecified atom stereocenters. The Morgan fingerprint density at radius 2 is 2.12 bits per heavy atom. The van der Waals surface area contributed by atoms with E-state index >= 15 is 0 Å². The Morgan fingerprint density at radius 1 is 1.29 bits per heavy atom. The predicted molar refractivity (Wildman–Crippen MR) is 64.4 cm³/mol. The van der Waals surface area contributed by atoms with Gasteiger partial charge in [-0.05, 0) is 12.1 Å². The van der Waals surface area contributed by atoms with Crippen molar-refractivity contribution in [3.8, 4) is 0 Å². The van der Waals surface area contributed by atoms with Gasteiger partial charge in [-0.1, -0.05) is 0 Å². The summed E-state index contributed by atoms with van der Waals surface area (Å²) >= 11 is 0. The Kier molecular flexibility index (Phi) is 2.58. The second-order valence-electron chi connectivity index (χ2n) is 3.96. The normalized spacial score (nSPS) is 17.4. The number of nitrogens with zero attached hydrogens (tertiary/aromatic N) is 2. The highest BCUT2D eigenvalue weighted by molar-refractivity contribution is 5.77. The van der Waals surface area contributed by atoms with Gasteiger partial charge in [-0.3, -0.25) is 5.43 Å². The SMILES string of the molecule is Nc1ccc2nc(NN3CCOCC3)oc2c1. The van der Waals surface area contributed by atoms with Crippen LogP contribution in [-0.2, 0) is 4.74 Å². The molecule has 2 heterocycles. The van der Waals surface area contributed by atoms with E-state index in [1.165, 1.54) is 0 Å². The van der Waals surface area contributed by atoms with E-state index in [1.54, 1.807) is 6.07 Å². The third kappa shape index (κ3) is 2.17. The first-order chi connectivity index (χ1) is 8.31. The van der Waals surface area contributed by atoms with Crippen LogP contribution in [0.15, 0.2) is 22.6 Å². The van der Waals surface area contributed by atoms with Gasteiger partial charge in [0.15, 0.2) is 5.58 Å². The van der Waals surface area contributed by atoms with E-state index in [9.17, 15) is 0 Å². The van der Waals surface area contributed by atoms with Gasteiger partial charge >= 0.3 is 6.01 Å². The first-order valence-electron chi connectivity index (χ1n) is 5.57. The van der Waals surface area contributed by atoms with Crippen LogP contribution < -0.4 is 11.2 Å². The Hall–Kier alpha value is -1.79. The molecule has 0 aliphatic carbocycles. The number of benzene rings is 1. The summed E-state index contributed by atoms with van der Waals surface area (Å²) in [6, 6.07) is 5.92. The second-order valence-corrected chi connectivity index (χ2v) is 3.96. The molecular formula is C11H14N4O2. The topological polar surface area (TPSA) is 76.5 Å². The van der Waals surface area contributed by atoms with Crippen molar-refractivity contribution in [2.45, 2.75) is 0 Å². The second kappa shape index (κ2) is 4.23. The molecule has 0 atom stereocenters. The molecule has 0 radical (unpaired) electrons. The van der Waals surface area contributed by atoms with Crippen LogP contribution in [0.2, 0.25) is 0 Å². The van der Waals surface area contributed by atoms with Crippen LogP contribution >= 0.6 is 0 Å². The molecule has 1 aliphatic heterocycles. The lowest BCUT2D eigenvalue weighted by atomic mass is 10.3. The fraction of sp³-hybridized carbons (Fsp3) is 0.364. The monoisotopic (exact) mass is 234 g/mol. The molecule has 1 aliphatic rings. The highest BCUT2D eigenvalue weighted by atomic mass is 16.5. The average Bonchev–Trinajstić information content (AvgIpc) is 2.71. The summed E-state index contributed by atoms with van der Waals surface area (Å²) < 4.78 is 10.8. The highest BCUT2D eigenvalue weighted by Gasteiger charge is 2.13. The summed E-state index contributed by atoms with van der Waals surface area (Å²) in [7, 11) is 0. The molecule has 3 N–H and O–H groups in total. The fourth-order valence-electron chi connectivity index (χ4n) is 1.80. The molecule has 0 saturated carbocycles. The maximum absolute atomic E-state index is 5.68. The van der Waals surface area contributed by atoms with E-state index < -0.39 is 0 Å². The third-order valence-corrected chi connectivity index (χ3v) is 2.68. The number of ether oxygens (including phenoxy) is 1. The van der Waals surface area contributed by atoms with Gasteiger partial charge in [0, 0.05) is 24.8 Å². The molecule has 1 aromatic heterocycles. The van der Waals surface area contributed by atoms with Gasteiger partial charge in [0.1, 0.15) is 5.52 Å². The van der Waals surface area contributed by atoms with E-state index in [1.807, 2.05) is 17.1 Å². The Bertz CT molecular complexity index is 519. The summed E-state index contributed by atoms with van der Waals surface area (Å²) in [6.45, 7) is 3.09. The molecule has 0 spiro atoms. The summed E-state index contributed by atoms with van der Waals surface area (Å²) in [4.78, 5) is 4.33. The van der Waals surface area contributed by atoms with Gasteiger partial charge in [0.2, 0.25) is 0 Å². The lowest BCUT2D eigenvalue weighted by molar-refractivity contribution is 0.0484. The predicted octanol–water partition coefficient (Wildman–Crippen LogP) is 1.07. The smallest absolute Gasteiger partial charge is 0.310 e. The molecular weight excluding hydrogens is 220 g/mol. The van der Waals surface area contributed by atoms with Crippen LogP contribution in [0.25, 0.3) is 11.1 Å². The van der Waals surface area contributed by atoms with E-state index in [4.69, 9.17) is 14.9 Å². The van der Waals surface area contributed by atoms with E-state index in [0.717, 1.165) is 31.8 Å². The molecule has 3 rings (SSSR count). The van der Waals surface area contributed by atoms with Crippen LogP contribution in [0.5, 0.6) is 0 Å². The van der Waals surface area contributed by atoms with Gasteiger partial charge in [0.25, 0.3) is 0 Å². The van der Waals surface area contributed by atoms with Crippen molar-refractivity contribution < 1.29 is 9.15 Å². The van der Waals surface area contributed by atoms with E-state index in [2.05, 4.69) is 10.4 Å². The number of nitrogen functional groups attached to an aromatic ring is 1. The molecule has 6 nitrogen and oxygen atoms in total. The zero-order valence-corrected chi connectivity index (χ0v) is 9.35. The zero-order valence-electron chi connectivity index (χ0n) is 9.35. The van der Waals surface area contributed by atoms with E-state index in [-0.39, 0.29) is 0 Å². The average molecular weight is 234 g/mol. The maximum atomic E-state index is 5.68. The summed E-state index contributed by atoms with van der Waals surface area (Å²) in [5.74, 6) is 0. The first-order valence-corrected chi connectivity index (χ1v) is 5.57. The van der Waals surface area contributed by atoms with Crippen LogP contribution in [0.1, 0.15) is 0 Å². The molecule has 0 bridgehead atoms. The highest BCUT2D eigenvalue weighted by Crippen LogP contribution is 2.21. The standard InChI is InChI=1S/C11H14N4O2/c12-8-1-2-9-10(7-8)17-11(13-9)14-15-3-5-16-6-4-15/h1-2,7H,3-6,12H2,(H,13,14). The number of oxazole rings is 1. The number of nitrogens with one attached hydrogen (secondary N) is 1. The van der Waals surface area contributed by atoms with Crippen LogP contribution in [0.4, 0.5) is 11.7 Å². The Morgan fingerprint density at radius 3 is 2.94 bits per heavy atom. The van der Waals surface area contributed by atoms with Gasteiger partial charge in [0.05, 0.1) is 13.2 Å². The van der Waals surface area contributed by atoms with E-state index in [0.29, 0.717) is 17.3 Å². The van der Waals surface area contributed by atoms with Crippen molar-refractivity contribution in [1.82, 2.24) is 9.99 Å². The molecule has 1 saturated heterocycles. The van der Waals surface area contributed by atoms with Gasteiger partial charge in [-0.2, -0.15) is 4.98 Å². The number of morpholine rings is 1. The minimum Gasteiger partial charge on any atom is -0.423 e. The van der Waals surface area contributed by atoms with Crippen molar-refractivity contribution in [2.24, 2.45) is 0 Å². The van der Waals surface area contributed by atoms with Crippen molar-refractivity contribution in [3.05, 3.63) is 18.2 Å². The Labute approximate surface area is 98.3 Å². The molecule has 0 amide bonds. The molecule has 1 aromatic carbocycles. The molecule has 2 aromatic rings. The number of hydrogen-bond acceptors (Lipinski definition) is 6. The Balaban J connectivity index is 1.80.